The van der Waals surface area contributed by atoms with Crippen molar-refractivity contribution >= 4 is 57.2 Å². The Hall–Kier alpha value is -1.87. The number of methoxy groups -OCH3 is 1. The van der Waals surface area contributed by atoms with E-state index in [0.29, 0.717) is 52.7 Å². The van der Waals surface area contributed by atoms with Gasteiger partial charge in [-0.05, 0) is 31.0 Å². The van der Waals surface area contributed by atoms with Gasteiger partial charge in [-0.1, -0.05) is 23.2 Å². The molecule has 1 fully saturated rings. The Balaban J connectivity index is 1.65. The van der Waals surface area contributed by atoms with Gasteiger partial charge < -0.3 is 19.9 Å². The molecule has 0 saturated carbocycles. The van der Waals surface area contributed by atoms with Crippen molar-refractivity contribution in [3.8, 4) is 0 Å². The lowest BCUT2D eigenvalue weighted by atomic mass is 10.3. The summed E-state index contributed by atoms with van der Waals surface area (Å²) < 4.78 is 5.13. The molecular formula is C20H24Cl2N4O3S. The second-order valence-corrected chi connectivity index (χ2v) is 8.61. The van der Waals surface area contributed by atoms with E-state index in [1.807, 2.05) is 4.90 Å². The molecule has 1 aromatic heterocycles. The molecule has 3 rings (SSSR count). The van der Waals surface area contributed by atoms with Gasteiger partial charge in [-0.15, -0.1) is 11.3 Å². The number of halogens is 2. The molecule has 0 bridgehead atoms. The number of nitrogens with one attached hydrogen (secondary N) is 1. The van der Waals surface area contributed by atoms with Crippen LogP contribution in [-0.4, -0.2) is 66.5 Å². The Morgan fingerprint density at radius 3 is 2.77 bits per heavy atom. The molecule has 162 valence electrons. The van der Waals surface area contributed by atoms with E-state index in [1.165, 1.54) is 11.3 Å². The van der Waals surface area contributed by atoms with Crippen molar-refractivity contribution in [3.63, 3.8) is 0 Å². The van der Waals surface area contributed by atoms with Crippen LogP contribution < -0.4 is 5.32 Å². The normalized spacial score (nSPS) is 13.5. The van der Waals surface area contributed by atoms with Gasteiger partial charge in [-0.2, -0.15) is 0 Å². The van der Waals surface area contributed by atoms with Gasteiger partial charge in [0.25, 0.3) is 5.91 Å². The predicted molar refractivity (Wildman–Crippen MR) is 120 cm³/mol. The number of ether oxygens (including phenoxy) is 1. The Morgan fingerprint density at radius 1 is 1.27 bits per heavy atom. The van der Waals surface area contributed by atoms with E-state index in [-0.39, 0.29) is 11.8 Å². The average Bonchev–Trinajstić information content (AvgIpc) is 3.42. The number of nitrogens with zero attached hydrogens (tertiary/aromatic N) is 3. The quantitative estimate of drug-likeness (QED) is 0.591. The molecule has 1 aromatic carbocycles. The van der Waals surface area contributed by atoms with Crippen molar-refractivity contribution in [1.29, 1.82) is 0 Å². The number of carbonyl (C=O) groups is 2. The molecule has 10 heteroatoms. The smallest absolute Gasteiger partial charge is 0.273 e. The Bertz CT molecular complexity index is 887. The maximum Gasteiger partial charge on any atom is 0.273 e. The van der Waals surface area contributed by atoms with Crippen LogP contribution >= 0.6 is 34.5 Å². The summed E-state index contributed by atoms with van der Waals surface area (Å²) in [5.41, 5.74) is 0.926. The summed E-state index contributed by atoms with van der Waals surface area (Å²) in [6.07, 6.45) is 2.38. The molecule has 0 spiro atoms. The third kappa shape index (κ3) is 6.07. The fraction of sp³-hybridized carbons (Fsp3) is 0.450. The molecule has 1 saturated heterocycles. The first-order valence-electron chi connectivity index (χ1n) is 9.71. The lowest BCUT2D eigenvalue weighted by Gasteiger charge is -2.23. The van der Waals surface area contributed by atoms with Crippen LogP contribution in [-0.2, 0) is 9.53 Å². The molecular weight excluding hydrogens is 447 g/mol. The fourth-order valence-electron chi connectivity index (χ4n) is 3.17. The largest absolute Gasteiger partial charge is 0.383 e. The zero-order valence-electron chi connectivity index (χ0n) is 16.7. The van der Waals surface area contributed by atoms with Gasteiger partial charge in [0, 0.05) is 50.1 Å². The van der Waals surface area contributed by atoms with Gasteiger partial charge in [0.05, 0.1) is 17.3 Å². The van der Waals surface area contributed by atoms with Crippen LogP contribution in [0.1, 0.15) is 29.8 Å². The van der Waals surface area contributed by atoms with Crippen molar-refractivity contribution in [2.24, 2.45) is 0 Å². The molecule has 7 nitrogen and oxygen atoms in total. The number of amides is 2. The highest BCUT2D eigenvalue weighted by Gasteiger charge is 2.22. The summed E-state index contributed by atoms with van der Waals surface area (Å²) in [6, 6.07) is 5.08. The Kier molecular flexibility index (Phi) is 8.32. The van der Waals surface area contributed by atoms with E-state index in [4.69, 9.17) is 27.9 Å². The summed E-state index contributed by atoms with van der Waals surface area (Å²) >= 11 is 13.5. The number of rotatable bonds is 9. The zero-order chi connectivity index (χ0) is 21.5. The summed E-state index contributed by atoms with van der Waals surface area (Å²) in [5.74, 6) is -0.151. The standard InChI is InChI=1S/C20H24Cl2N4O3S/c1-29-11-10-26(9-6-18(27)25-7-2-3-8-25)19(28)17-13-30-20(24-17)23-16-12-14(21)4-5-15(16)22/h4-5,12-13H,2-3,6-11H2,1H3,(H,23,24). The number of aromatic nitrogens is 1. The van der Waals surface area contributed by atoms with Crippen molar-refractivity contribution < 1.29 is 14.3 Å². The van der Waals surface area contributed by atoms with Crippen LogP contribution in [0.5, 0.6) is 0 Å². The number of thiazole rings is 1. The average molecular weight is 471 g/mol. The summed E-state index contributed by atoms with van der Waals surface area (Å²) in [7, 11) is 1.58. The van der Waals surface area contributed by atoms with Crippen LogP contribution in [0.15, 0.2) is 23.6 Å². The van der Waals surface area contributed by atoms with Gasteiger partial charge in [0.15, 0.2) is 5.13 Å². The summed E-state index contributed by atoms with van der Waals surface area (Å²) in [4.78, 5) is 33.2. The van der Waals surface area contributed by atoms with E-state index in [0.717, 1.165) is 25.9 Å². The third-order valence-corrected chi connectivity index (χ3v) is 6.12. The number of benzene rings is 1. The van der Waals surface area contributed by atoms with Gasteiger partial charge in [0.1, 0.15) is 5.69 Å². The molecule has 0 radical (unpaired) electrons. The number of carbonyl (C=O) groups excluding carboxylic acids is 2. The minimum absolute atomic E-state index is 0.0824. The minimum atomic E-state index is -0.234. The van der Waals surface area contributed by atoms with Gasteiger partial charge in [-0.25, -0.2) is 4.98 Å². The van der Waals surface area contributed by atoms with Crippen molar-refractivity contribution in [3.05, 3.63) is 39.3 Å². The second-order valence-electron chi connectivity index (χ2n) is 6.91. The molecule has 30 heavy (non-hydrogen) atoms. The van der Waals surface area contributed by atoms with Crippen molar-refractivity contribution in [2.75, 3.05) is 45.2 Å². The first-order chi connectivity index (χ1) is 14.5. The van der Waals surface area contributed by atoms with Crippen molar-refractivity contribution in [2.45, 2.75) is 19.3 Å². The molecule has 0 unspecified atom stereocenters. The second kappa shape index (κ2) is 10.9. The summed E-state index contributed by atoms with van der Waals surface area (Å²) in [5, 5.41) is 6.36. The van der Waals surface area contributed by atoms with E-state index >= 15 is 0 Å². The molecule has 2 heterocycles. The van der Waals surface area contributed by atoms with Gasteiger partial charge in [-0.3, -0.25) is 9.59 Å². The first-order valence-corrected chi connectivity index (χ1v) is 11.3. The highest BCUT2D eigenvalue weighted by atomic mass is 35.5. The molecule has 0 aliphatic carbocycles. The van der Waals surface area contributed by atoms with Crippen molar-refractivity contribution in [1.82, 2.24) is 14.8 Å². The van der Waals surface area contributed by atoms with Crippen LogP contribution in [0.3, 0.4) is 0 Å². The van der Waals surface area contributed by atoms with E-state index in [9.17, 15) is 9.59 Å². The zero-order valence-corrected chi connectivity index (χ0v) is 19.0. The third-order valence-electron chi connectivity index (χ3n) is 4.80. The SMILES string of the molecule is COCCN(CCC(=O)N1CCCC1)C(=O)c1csc(Nc2cc(Cl)ccc2Cl)n1. The van der Waals surface area contributed by atoms with Gasteiger partial charge in [0.2, 0.25) is 5.91 Å². The lowest BCUT2D eigenvalue weighted by Crippen LogP contribution is -2.38. The molecule has 1 aliphatic heterocycles. The molecule has 1 aliphatic rings. The Morgan fingerprint density at radius 2 is 2.03 bits per heavy atom. The van der Waals surface area contributed by atoms with Crippen LogP contribution in [0.2, 0.25) is 10.0 Å². The van der Waals surface area contributed by atoms with E-state index in [2.05, 4.69) is 10.3 Å². The molecule has 2 amide bonds. The Labute approximate surface area is 189 Å². The first kappa shape index (κ1) is 22.8. The minimum Gasteiger partial charge on any atom is -0.383 e. The summed E-state index contributed by atoms with van der Waals surface area (Å²) in [6.45, 7) is 2.72. The number of hydrogen-bond donors (Lipinski definition) is 1. The topological polar surface area (TPSA) is 74.8 Å². The monoisotopic (exact) mass is 470 g/mol. The van der Waals surface area contributed by atoms with Crippen LogP contribution in [0, 0.1) is 0 Å². The molecule has 1 N–H and O–H groups in total. The maximum atomic E-state index is 13.0. The number of likely N-dealkylation sites (tertiary alicyclic amines) is 1. The molecule has 0 atom stereocenters. The van der Waals surface area contributed by atoms with E-state index < -0.39 is 0 Å². The lowest BCUT2D eigenvalue weighted by molar-refractivity contribution is -0.130. The highest BCUT2D eigenvalue weighted by molar-refractivity contribution is 7.14. The van der Waals surface area contributed by atoms with Crippen LogP contribution in [0.4, 0.5) is 10.8 Å². The molecule has 2 aromatic rings. The van der Waals surface area contributed by atoms with E-state index in [1.54, 1.807) is 35.6 Å². The van der Waals surface area contributed by atoms with Gasteiger partial charge >= 0.3 is 0 Å². The predicted octanol–water partition coefficient (Wildman–Crippen LogP) is 4.29. The van der Waals surface area contributed by atoms with Crippen LogP contribution in [0.25, 0.3) is 0 Å². The maximum absolute atomic E-state index is 13.0. The highest BCUT2D eigenvalue weighted by Crippen LogP contribution is 2.30. The number of hydrogen-bond acceptors (Lipinski definition) is 6. The fourth-order valence-corrected chi connectivity index (χ4v) is 4.21. The number of anilines is 2.